The Morgan fingerprint density at radius 1 is 1.13 bits per heavy atom. The van der Waals surface area contributed by atoms with E-state index in [-0.39, 0.29) is 28.7 Å². The molecule has 39 heavy (non-hydrogen) atoms. The minimum atomic E-state index is -4.35. The molecule has 3 N–H and O–H groups in total. The molecule has 0 bridgehead atoms. The summed E-state index contributed by atoms with van der Waals surface area (Å²) < 4.78 is 71.6. The number of halogens is 2. The van der Waals surface area contributed by atoms with Gasteiger partial charge in [0.05, 0.1) is 17.2 Å². The largest absolute Gasteiger partial charge is 0.489 e. The van der Waals surface area contributed by atoms with Crippen LogP contribution in [0, 0.1) is 23.5 Å². The highest BCUT2D eigenvalue weighted by molar-refractivity contribution is 7.89. The van der Waals surface area contributed by atoms with Gasteiger partial charge in [-0.3, -0.25) is 14.8 Å². The molecule has 3 unspecified atom stereocenters. The summed E-state index contributed by atoms with van der Waals surface area (Å²) in [7, 11) is -4.35. The number of carbonyl (C=O) groups is 2. The van der Waals surface area contributed by atoms with E-state index in [4.69, 9.17) is 24.5 Å². The average molecular weight is 569 g/mol. The van der Waals surface area contributed by atoms with Crippen LogP contribution >= 0.6 is 0 Å². The first-order valence-corrected chi connectivity index (χ1v) is 13.4. The number of amides is 1. The van der Waals surface area contributed by atoms with Crippen molar-refractivity contribution >= 4 is 21.9 Å². The van der Waals surface area contributed by atoms with Gasteiger partial charge in [0.1, 0.15) is 30.3 Å². The molecule has 2 aliphatic rings. The third-order valence-corrected chi connectivity index (χ3v) is 8.30. The van der Waals surface area contributed by atoms with Crippen molar-refractivity contribution in [2.45, 2.75) is 43.5 Å². The van der Waals surface area contributed by atoms with Crippen LogP contribution in [-0.2, 0) is 35.7 Å². The Hall–Kier alpha value is -3.91. The zero-order valence-electron chi connectivity index (χ0n) is 20.5. The standard InChI is InChI=1S/C25H26F2N2O9S/c26-16-4-9-21(27)15(12-16)13-36-17-5-7-18(8-6-17)39(34,35)29(11-10-23(30)31)22-14-37-25(38-22)20-3-1-2-19(20)24(32)28-33/h4-9,12,14,19-20,25,33H,1-3,10-11,13H2,(H,28,32)(H,30,31). The first-order chi connectivity index (χ1) is 18.6. The lowest BCUT2D eigenvalue weighted by Gasteiger charge is -2.27. The Labute approximate surface area is 222 Å². The molecule has 2 aromatic carbocycles. The number of aliphatic carboxylic acids is 1. The molecule has 3 atom stereocenters. The summed E-state index contributed by atoms with van der Waals surface area (Å²) in [6.45, 7) is -0.766. The van der Waals surface area contributed by atoms with E-state index >= 15 is 0 Å². The van der Waals surface area contributed by atoms with Gasteiger partial charge in [-0.1, -0.05) is 6.42 Å². The summed E-state index contributed by atoms with van der Waals surface area (Å²) in [5.41, 5.74) is 1.60. The predicted octanol–water partition coefficient (Wildman–Crippen LogP) is 3.10. The second-order valence-electron chi connectivity index (χ2n) is 8.97. The molecule has 0 spiro atoms. The first-order valence-electron chi connectivity index (χ1n) is 12.0. The van der Waals surface area contributed by atoms with Gasteiger partial charge in [-0.05, 0) is 55.3 Å². The van der Waals surface area contributed by atoms with Gasteiger partial charge in [-0.15, -0.1) is 0 Å². The van der Waals surface area contributed by atoms with Crippen molar-refractivity contribution < 1.29 is 51.3 Å². The van der Waals surface area contributed by atoms with Gasteiger partial charge in [0.2, 0.25) is 18.1 Å². The highest BCUT2D eigenvalue weighted by atomic mass is 32.2. The van der Waals surface area contributed by atoms with Crippen molar-refractivity contribution in [3.63, 3.8) is 0 Å². The molecule has 1 aliphatic heterocycles. The second-order valence-corrected chi connectivity index (χ2v) is 10.8. The van der Waals surface area contributed by atoms with Gasteiger partial charge in [0.15, 0.2) is 0 Å². The van der Waals surface area contributed by atoms with Crippen LogP contribution in [0.2, 0.25) is 0 Å². The van der Waals surface area contributed by atoms with Gasteiger partial charge in [-0.25, -0.2) is 27.0 Å². The van der Waals surface area contributed by atoms with E-state index in [1.165, 1.54) is 24.3 Å². The second kappa shape index (κ2) is 11.9. The summed E-state index contributed by atoms with van der Waals surface area (Å²) in [5, 5.41) is 18.2. The summed E-state index contributed by atoms with van der Waals surface area (Å²) in [6, 6.07) is 8.00. The van der Waals surface area contributed by atoms with Crippen molar-refractivity contribution in [3.8, 4) is 5.75 Å². The highest BCUT2D eigenvalue weighted by Gasteiger charge is 2.44. The van der Waals surface area contributed by atoms with Crippen LogP contribution in [0.25, 0.3) is 0 Å². The molecule has 0 saturated heterocycles. The van der Waals surface area contributed by atoms with E-state index < -0.39 is 64.6 Å². The zero-order chi connectivity index (χ0) is 28.2. The molecular weight excluding hydrogens is 542 g/mol. The van der Waals surface area contributed by atoms with Crippen LogP contribution in [0.15, 0.2) is 59.5 Å². The van der Waals surface area contributed by atoms with Crippen molar-refractivity contribution in [2.75, 3.05) is 6.54 Å². The van der Waals surface area contributed by atoms with Gasteiger partial charge in [-0.2, -0.15) is 0 Å². The SMILES string of the molecule is O=C(O)CCN(C1=COC(C2CCCC2C(=O)NO)O1)S(=O)(=O)c1ccc(OCc2cc(F)ccc2F)cc1. The Kier molecular flexibility index (Phi) is 8.55. The van der Waals surface area contributed by atoms with E-state index in [9.17, 15) is 26.8 Å². The maximum Gasteiger partial charge on any atom is 0.305 e. The molecule has 11 nitrogen and oxygen atoms in total. The van der Waals surface area contributed by atoms with Crippen molar-refractivity contribution in [3.05, 3.63) is 71.8 Å². The number of carbonyl (C=O) groups excluding carboxylic acids is 1. The van der Waals surface area contributed by atoms with Crippen molar-refractivity contribution in [1.82, 2.24) is 9.79 Å². The number of ether oxygens (including phenoxy) is 3. The van der Waals surface area contributed by atoms with Crippen molar-refractivity contribution in [1.29, 1.82) is 0 Å². The van der Waals surface area contributed by atoms with Crippen LogP contribution in [0.3, 0.4) is 0 Å². The minimum absolute atomic E-state index is 0.0209. The maximum atomic E-state index is 13.8. The number of sulfonamides is 1. The normalized spacial score (nSPS) is 20.5. The third-order valence-electron chi connectivity index (χ3n) is 6.49. The molecule has 1 heterocycles. The number of rotatable bonds is 11. The van der Waals surface area contributed by atoms with Crippen LogP contribution < -0.4 is 10.2 Å². The number of carboxylic acid groups (broad SMARTS) is 1. The number of benzene rings is 2. The topological polar surface area (TPSA) is 152 Å². The van der Waals surface area contributed by atoms with E-state index in [2.05, 4.69) is 0 Å². The summed E-state index contributed by atoms with van der Waals surface area (Å²) in [6.07, 6.45) is 1.20. The Bertz CT molecular complexity index is 1350. The molecule has 1 saturated carbocycles. The number of nitrogens with zero attached hydrogens (tertiary/aromatic N) is 1. The molecule has 2 aromatic rings. The average Bonchev–Trinajstić information content (AvgIpc) is 3.59. The fourth-order valence-electron chi connectivity index (χ4n) is 4.52. The van der Waals surface area contributed by atoms with Gasteiger partial charge >= 0.3 is 5.97 Å². The van der Waals surface area contributed by atoms with E-state index in [0.717, 1.165) is 28.8 Å². The fourth-order valence-corrected chi connectivity index (χ4v) is 5.91. The number of hydroxylamine groups is 1. The van der Waals surface area contributed by atoms with Crippen molar-refractivity contribution in [2.24, 2.45) is 11.8 Å². The monoisotopic (exact) mass is 568 g/mol. The molecule has 1 fully saturated rings. The van der Waals surface area contributed by atoms with E-state index in [0.29, 0.717) is 19.3 Å². The van der Waals surface area contributed by atoms with Crippen LogP contribution in [0.4, 0.5) is 8.78 Å². The van der Waals surface area contributed by atoms with E-state index in [1.54, 1.807) is 5.48 Å². The van der Waals surface area contributed by atoms with Gasteiger partial charge in [0.25, 0.3) is 10.0 Å². The Morgan fingerprint density at radius 2 is 1.87 bits per heavy atom. The molecule has 1 amide bonds. The molecule has 0 aromatic heterocycles. The number of hydrogen-bond acceptors (Lipinski definition) is 8. The third kappa shape index (κ3) is 6.40. The quantitative estimate of drug-likeness (QED) is 0.274. The molecule has 210 valence electrons. The van der Waals surface area contributed by atoms with Crippen LogP contribution in [-0.4, -0.2) is 47.7 Å². The smallest absolute Gasteiger partial charge is 0.305 e. The lowest BCUT2D eigenvalue weighted by atomic mass is 9.95. The van der Waals surface area contributed by atoms with E-state index in [1.807, 2.05) is 0 Å². The molecule has 4 rings (SSSR count). The lowest BCUT2D eigenvalue weighted by Crippen LogP contribution is -2.37. The Balaban J connectivity index is 1.49. The highest BCUT2D eigenvalue weighted by Crippen LogP contribution is 2.39. The maximum absolute atomic E-state index is 13.8. The predicted molar refractivity (Wildman–Crippen MR) is 128 cm³/mol. The van der Waals surface area contributed by atoms with Gasteiger partial charge in [0, 0.05) is 18.0 Å². The number of carboxylic acids is 1. The van der Waals surface area contributed by atoms with Crippen LogP contribution in [0.5, 0.6) is 5.75 Å². The molecular formula is C25H26F2N2O9S. The fraction of sp³-hybridized carbons (Fsp3) is 0.360. The molecule has 1 aliphatic carbocycles. The minimum Gasteiger partial charge on any atom is -0.489 e. The molecule has 14 heteroatoms. The number of nitrogens with one attached hydrogen (secondary N) is 1. The van der Waals surface area contributed by atoms with Gasteiger partial charge < -0.3 is 19.3 Å². The summed E-state index contributed by atoms with van der Waals surface area (Å²) in [5.74, 6) is -4.27. The zero-order valence-corrected chi connectivity index (χ0v) is 21.3. The lowest BCUT2D eigenvalue weighted by molar-refractivity contribution is -0.143. The molecule has 0 radical (unpaired) electrons. The van der Waals surface area contributed by atoms with Crippen LogP contribution in [0.1, 0.15) is 31.2 Å². The summed E-state index contributed by atoms with van der Waals surface area (Å²) in [4.78, 5) is 23.0. The Morgan fingerprint density at radius 3 is 2.56 bits per heavy atom. The number of hydrogen-bond donors (Lipinski definition) is 3. The summed E-state index contributed by atoms with van der Waals surface area (Å²) >= 11 is 0. The first kappa shape index (κ1) is 28.1.